The van der Waals surface area contributed by atoms with Gasteiger partial charge >= 0.3 is 6.36 Å². The Morgan fingerprint density at radius 2 is 1.97 bits per heavy atom. The molecule has 11 heteroatoms. The van der Waals surface area contributed by atoms with Crippen LogP contribution in [0.3, 0.4) is 0 Å². The summed E-state index contributed by atoms with van der Waals surface area (Å²) in [6, 6.07) is 9.16. The number of para-hydroxylation sites is 1. The Kier molecular flexibility index (Phi) is 10.3. The first-order chi connectivity index (χ1) is 14.8. The molecule has 2 aromatic carbocycles. The maximum absolute atomic E-state index is 12.3. The molecule has 0 saturated carbocycles. The average Bonchev–Trinajstić information content (AvgIpc) is 3.14. The summed E-state index contributed by atoms with van der Waals surface area (Å²) in [4.78, 5) is 17.3. The number of aryl methyl sites for hydroxylation is 1. The van der Waals surface area contributed by atoms with Gasteiger partial charge in [-0.3, -0.25) is 0 Å². The molecule has 7 nitrogen and oxygen atoms in total. The third-order valence-corrected chi connectivity index (χ3v) is 4.39. The molecule has 3 aromatic rings. The molecule has 0 atom stereocenters. The molecule has 0 aliphatic rings. The molecule has 0 aliphatic carbocycles. The number of oxime groups is 1. The minimum absolute atomic E-state index is 0.00515. The van der Waals surface area contributed by atoms with Gasteiger partial charge in [0, 0.05) is 11.6 Å². The van der Waals surface area contributed by atoms with Crippen LogP contribution in [0.1, 0.15) is 25.0 Å². The summed E-state index contributed by atoms with van der Waals surface area (Å²) in [5.74, 6) is -0.176. The van der Waals surface area contributed by atoms with E-state index < -0.39 is 6.36 Å². The number of nitrogens with zero attached hydrogens (tertiary/aromatic N) is 2. The number of hydrogen-bond acceptors (Lipinski definition) is 8. The molecule has 2 N–H and O–H groups in total. The highest BCUT2D eigenvalue weighted by molar-refractivity contribution is 7.22. The Labute approximate surface area is 181 Å². The topological polar surface area (TPSA) is 93.0 Å². The fourth-order valence-corrected chi connectivity index (χ4v) is 3.07. The third-order valence-electron chi connectivity index (χ3n) is 3.42. The van der Waals surface area contributed by atoms with Crippen LogP contribution in [0.2, 0.25) is 0 Å². The Balaban J connectivity index is 0.00000113. The summed E-state index contributed by atoms with van der Waals surface area (Å²) >= 11 is 1.15. The molecule has 0 saturated heterocycles. The standard InChI is InChI=1S/C17H14F3N3O3S.C2H6.CH2O/c1-10-3-2-4-11(15(10)24)8-22-25-9-21-16-23-13-6-5-12(7-14(13)27-16)26-17(18,19)20;2*1-2/h2-8,24H,9H2,1H3,(H,21,23);1-2H3;1H2/b22-8+;;. The van der Waals surface area contributed by atoms with Gasteiger partial charge in [-0.15, -0.1) is 13.2 Å². The van der Waals surface area contributed by atoms with Crippen molar-refractivity contribution in [3.05, 3.63) is 47.5 Å². The molecule has 168 valence electrons. The van der Waals surface area contributed by atoms with Crippen molar-refractivity contribution in [1.29, 1.82) is 0 Å². The van der Waals surface area contributed by atoms with Gasteiger partial charge in [0.15, 0.2) is 11.9 Å². The molecule has 0 fully saturated rings. The Bertz CT molecular complexity index is 993. The first-order valence-electron chi connectivity index (χ1n) is 8.95. The van der Waals surface area contributed by atoms with Gasteiger partial charge in [0.25, 0.3) is 0 Å². The van der Waals surface area contributed by atoms with Crippen LogP contribution in [-0.4, -0.2) is 36.2 Å². The summed E-state index contributed by atoms with van der Waals surface area (Å²) < 4.78 is 41.2. The van der Waals surface area contributed by atoms with Crippen LogP contribution in [0.25, 0.3) is 10.2 Å². The van der Waals surface area contributed by atoms with Crippen molar-refractivity contribution in [3.8, 4) is 11.5 Å². The van der Waals surface area contributed by atoms with E-state index in [9.17, 15) is 18.3 Å². The lowest BCUT2D eigenvalue weighted by Gasteiger charge is -2.07. The number of hydrogen-bond donors (Lipinski definition) is 2. The molecule has 0 radical (unpaired) electrons. The number of carbonyl (C=O) groups is 1. The number of aromatic hydroxyl groups is 1. The Morgan fingerprint density at radius 3 is 2.65 bits per heavy atom. The second-order valence-electron chi connectivity index (χ2n) is 5.39. The van der Waals surface area contributed by atoms with Crippen molar-refractivity contribution in [2.75, 3.05) is 12.0 Å². The molecule has 0 aliphatic heterocycles. The van der Waals surface area contributed by atoms with Crippen LogP contribution < -0.4 is 10.1 Å². The predicted molar refractivity (Wildman–Crippen MR) is 115 cm³/mol. The van der Waals surface area contributed by atoms with Gasteiger partial charge in [-0.05, 0) is 30.7 Å². The number of alkyl halides is 3. The SMILES string of the molecule is C=O.CC.Cc1cccc(/C=N/OCNc2nc3ccc(OC(F)(F)F)cc3s2)c1O. The molecule has 0 spiro atoms. The highest BCUT2D eigenvalue weighted by atomic mass is 32.1. The van der Waals surface area contributed by atoms with Crippen LogP contribution in [0.15, 0.2) is 41.6 Å². The summed E-state index contributed by atoms with van der Waals surface area (Å²) in [7, 11) is 0. The van der Waals surface area contributed by atoms with E-state index in [4.69, 9.17) is 9.63 Å². The van der Waals surface area contributed by atoms with E-state index in [-0.39, 0.29) is 18.2 Å². The van der Waals surface area contributed by atoms with Gasteiger partial charge in [-0.1, -0.05) is 42.5 Å². The first-order valence-corrected chi connectivity index (χ1v) is 9.76. The lowest BCUT2D eigenvalue weighted by atomic mass is 10.1. The monoisotopic (exact) mass is 457 g/mol. The number of phenols is 1. The summed E-state index contributed by atoms with van der Waals surface area (Å²) in [6.07, 6.45) is -3.36. The van der Waals surface area contributed by atoms with Gasteiger partial charge in [0.1, 0.15) is 18.3 Å². The zero-order chi connectivity index (χ0) is 23.4. The second-order valence-corrected chi connectivity index (χ2v) is 6.42. The summed E-state index contributed by atoms with van der Waals surface area (Å²) in [6.45, 7) is 7.77. The summed E-state index contributed by atoms with van der Waals surface area (Å²) in [5.41, 5.74) is 1.78. The smallest absolute Gasteiger partial charge is 0.507 e. The van der Waals surface area contributed by atoms with E-state index in [2.05, 4.69) is 20.2 Å². The fraction of sp³-hybridized carbons (Fsp3) is 0.250. The van der Waals surface area contributed by atoms with Crippen molar-refractivity contribution in [1.82, 2.24) is 4.98 Å². The van der Waals surface area contributed by atoms with E-state index >= 15 is 0 Å². The van der Waals surface area contributed by atoms with Crippen molar-refractivity contribution >= 4 is 39.7 Å². The first kappa shape index (κ1) is 25.7. The van der Waals surface area contributed by atoms with Crippen molar-refractivity contribution < 1.29 is 32.6 Å². The van der Waals surface area contributed by atoms with Gasteiger partial charge in [0.05, 0.1) is 16.4 Å². The van der Waals surface area contributed by atoms with Crippen LogP contribution in [0, 0.1) is 6.92 Å². The number of carbonyl (C=O) groups excluding carboxylic acids is 1. The van der Waals surface area contributed by atoms with Crippen LogP contribution >= 0.6 is 11.3 Å². The van der Waals surface area contributed by atoms with Crippen LogP contribution in [-0.2, 0) is 9.63 Å². The second kappa shape index (κ2) is 12.4. The number of halogens is 3. The zero-order valence-electron chi connectivity index (χ0n) is 17.1. The van der Waals surface area contributed by atoms with Crippen molar-refractivity contribution in [2.24, 2.45) is 5.16 Å². The lowest BCUT2D eigenvalue weighted by Crippen LogP contribution is -2.16. The summed E-state index contributed by atoms with van der Waals surface area (Å²) in [5, 5.41) is 16.9. The fourth-order valence-electron chi connectivity index (χ4n) is 2.19. The molecule has 0 bridgehead atoms. The number of fused-ring (bicyclic) bond motifs is 1. The Hall–Kier alpha value is -3.34. The number of thiazole rings is 1. The lowest BCUT2D eigenvalue weighted by molar-refractivity contribution is -0.274. The number of phenolic OH excluding ortho intramolecular Hbond substituents is 1. The number of benzene rings is 2. The molecular weight excluding hydrogens is 435 g/mol. The maximum Gasteiger partial charge on any atom is 0.573 e. The van der Waals surface area contributed by atoms with E-state index in [1.807, 2.05) is 20.6 Å². The Morgan fingerprint density at radius 1 is 1.26 bits per heavy atom. The molecule has 0 amide bonds. The highest BCUT2D eigenvalue weighted by Gasteiger charge is 2.31. The number of nitrogens with one attached hydrogen (secondary N) is 1. The molecule has 0 unspecified atom stereocenters. The van der Waals surface area contributed by atoms with Crippen molar-refractivity contribution in [3.63, 3.8) is 0 Å². The molecule has 3 rings (SSSR count). The van der Waals surface area contributed by atoms with E-state index in [1.165, 1.54) is 24.4 Å². The van der Waals surface area contributed by atoms with E-state index in [1.54, 1.807) is 25.1 Å². The number of rotatable bonds is 6. The minimum atomic E-state index is -4.74. The van der Waals surface area contributed by atoms with Gasteiger partial charge in [-0.2, -0.15) is 0 Å². The van der Waals surface area contributed by atoms with Crippen LogP contribution in [0.4, 0.5) is 18.3 Å². The van der Waals surface area contributed by atoms with Gasteiger partial charge in [-0.25, -0.2) is 4.98 Å². The van der Waals surface area contributed by atoms with Gasteiger partial charge < -0.3 is 24.8 Å². The van der Waals surface area contributed by atoms with E-state index in [0.717, 1.165) is 16.9 Å². The van der Waals surface area contributed by atoms with Crippen LogP contribution in [0.5, 0.6) is 11.5 Å². The number of aromatic nitrogens is 1. The zero-order valence-corrected chi connectivity index (χ0v) is 17.9. The third kappa shape index (κ3) is 8.13. The van der Waals surface area contributed by atoms with Gasteiger partial charge in [0.2, 0.25) is 0 Å². The normalized spacial score (nSPS) is 10.6. The quantitative estimate of drug-likeness (QED) is 0.221. The largest absolute Gasteiger partial charge is 0.573 e. The highest BCUT2D eigenvalue weighted by Crippen LogP contribution is 2.31. The maximum atomic E-state index is 12.3. The van der Waals surface area contributed by atoms with E-state index in [0.29, 0.717) is 20.9 Å². The number of ether oxygens (including phenoxy) is 1. The molecule has 1 aromatic heterocycles. The minimum Gasteiger partial charge on any atom is -0.507 e. The molecule has 1 heterocycles. The number of anilines is 1. The average molecular weight is 457 g/mol. The van der Waals surface area contributed by atoms with Crippen molar-refractivity contribution in [2.45, 2.75) is 27.1 Å². The molecular formula is C20H22F3N3O4S. The molecule has 31 heavy (non-hydrogen) atoms. The predicted octanol–water partition coefficient (Wildman–Crippen LogP) is 5.47.